The van der Waals surface area contributed by atoms with E-state index in [0.717, 1.165) is 17.0 Å². The van der Waals surface area contributed by atoms with Crippen molar-refractivity contribution in [1.82, 2.24) is 15.1 Å². The standard InChI is InChI=1S/C22H26N4O2/c1-15(2)16-4-6-17(7-5-16)20(23)14-24-22(27)21-12-13-26(25-21)18-8-10-19(28-3)11-9-18/h4-13,15,20H,14,23H2,1-3H3,(H,24,27). The molecule has 0 bridgehead atoms. The van der Waals surface area contributed by atoms with Gasteiger partial charge in [-0.1, -0.05) is 38.1 Å². The molecule has 0 saturated heterocycles. The molecule has 0 saturated carbocycles. The molecule has 0 aliphatic carbocycles. The summed E-state index contributed by atoms with van der Waals surface area (Å²) in [7, 11) is 1.62. The molecule has 1 unspecified atom stereocenters. The maximum absolute atomic E-state index is 12.4. The Bertz CT molecular complexity index is 914. The lowest BCUT2D eigenvalue weighted by Gasteiger charge is -2.14. The molecule has 1 atom stereocenters. The third-order valence-corrected chi connectivity index (χ3v) is 4.67. The van der Waals surface area contributed by atoms with Crippen LogP contribution in [0.3, 0.4) is 0 Å². The maximum atomic E-state index is 12.4. The quantitative estimate of drug-likeness (QED) is 0.660. The fourth-order valence-corrected chi connectivity index (χ4v) is 2.86. The fraction of sp³-hybridized carbons (Fsp3) is 0.273. The van der Waals surface area contributed by atoms with Gasteiger partial charge in [0, 0.05) is 18.8 Å². The summed E-state index contributed by atoms with van der Waals surface area (Å²) in [6.45, 7) is 4.65. The van der Waals surface area contributed by atoms with E-state index in [1.807, 2.05) is 36.4 Å². The normalized spacial score (nSPS) is 12.0. The van der Waals surface area contributed by atoms with Gasteiger partial charge in [-0.2, -0.15) is 5.10 Å². The van der Waals surface area contributed by atoms with Gasteiger partial charge in [0.05, 0.1) is 12.8 Å². The second-order valence-corrected chi connectivity index (χ2v) is 6.98. The van der Waals surface area contributed by atoms with Crippen LogP contribution in [0.15, 0.2) is 60.8 Å². The number of hydrogen-bond acceptors (Lipinski definition) is 4. The van der Waals surface area contributed by atoms with Crippen molar-refractivity contribution >= 4 is 5.91 Å². The molecule has 0 fully saturated rings. The largest absolute Gasteiger partial charge is 0.497 e. The number of carbonyl (C=O) groups excluding carboxylic acids is 1. The second-order valence-electron chi connectivity index (χ2n) is 6.98. The highest BCUT2D eigenvalue weighted by Gasteiger charge is 2.13. The van der Waals surface area contributed by atoms with Gasteiger partial charge in [0.2, 0.25) is 0 Å². The van der Waals surface area contributed by atoms with Gasteiger partial charge in [-0.05, 0) is 47.4 Å². The first-order chi connectivity index (χ1) is 13.5. The summed E-state index contributed by atoms with van der Waals surface area (Å²) in [5.41, 5.74) is 9.67. The number of nitrogens with one attached hydrogen (secondary N) is 1. The number of rotatable bonds is 7. The van der Waals surface area contributed by atoms with Crippen LogP contribution in [0.1, 0.15) is 47.4 Å². The number of carbonyl (C=O) groups is 1. The lowest BCUT2D eigenvalue weighted by molar-refractivity contribution is 0.0946. The van der Waals surface area contributed by atoms with Gasteiger partial charge in [-0.3, -0.25) is 4.79 Å². The number of amides is 1. The molecule has 28 heavy (non-hydrogen) atoms. The highest BCUT2D eigenvalue weighted by atomic mass is 16.5. The van der Waals surface area contributed by atoms with E-state index in [-0.39, 0.29) is 11.9 Å². The summed E-state index contributed by atoms with van der Waals surface area (Å²) >= 11 is 0. The number of aromatic nitrogens is 2. The lowest BCUT2D eigenvalue weighted by atomic mass is 9.99. The Hall–Kier alpha value is -3.12. The Morgan fingerprint density at radius 3 is 2.32 bits per heavy atom. The van der Waals surface area contributed by atoms with Crippen molar-refractivity contribution in [2.45, 2.75) is 25.8 Å². The SMILES string of the molecule is COc1ccc(-n2ccc(C(=O)NCC(N)c3ccc(C(C)C)cc3)n2)cc1. The van der Waals surface area contributed by atoms with Gasteiger partial charge in [0.1, 0.15) is 5.75 Å². The molecule has 146 valence electrons. The molecule has 6 nitrogen and oxygen atoms in total. The van der Waals surface area contributed by atoms with Crippen LogP contribution in [0, 0.1) is 0 Å². The Labute approximate surface area is 165 Å². The van der Waals surface area contributed by atoms with Crippen molar-refractivity contribution < 1.29 is 9.53 Å². The summed E-state index contributed by atoms with van der Waals surface area (Å²) in [5, 5.41) is 7.20. The average Bonchev–Trinajstić information content (AvgIpc) is 3.22. The van der Waals surface area contributed by atoms with E-state index in [1.165, 1.54) is 5.56 Å². The van der Waals surface area contributed by atoms with Crippen molar-refractivity contribution in [3.8, 4) is 11.4 Å². The minimum Gasteiger partial charge on any atom is -0.497 e. The molecule has 0 aliphatic rings. The van der Waals surface area contributed by atoms with Gasteiger partial charge in [0.25, 0.3) is 5.91 Å². The molecule has 1 amide bonds. The highest BCUT2D eigenvalue weighted by Crippen LogP contribution is 2.18. The van der Waals surface area contributed by atoms with Crippen LogP contribution in [-0.2, 0) is 0 Å². The number of methoxy groups -OCH3 is 1. The smallest absolute Gasteiger partial charge is 0.271 e. The Kier molecular flexibility index (Phi) is 6.11. The van der Waals surface area contributed by atoms with Crippen molar-refractivity contribution in [1.29, 1.82) is 0 Å². The second kappa shape index (κ2) is 8.71. The molecule has 6 heteroatoms. The van der Waals surface area contributed by atoms with Gasteiger partial charge in [-0.15, -0.1) is 0 Å². The van der Waals surface area contributed by atoms with Crippen LogP contribution < -0.4 is 15.8 Å². The minimum absolute atomic E-state index is 0.249. The van der Waals surface area contributed by atoms with E-state index in [9.17, 15) is 4.79 Å². The minimum atomic E-state index is -0.270. The van der Waals surface area contributed by atoms with Gasteiger partial charge in [0.15, 0.2) is 5.69 Å². The van der Waals surface area contributed by atoms with Crippen LogP contribution in [0.4, 0.5) is 0 Å². The summed E-state index contributed by atoms with van der Waals surface area (Å²) < 4.78 is 6.80. The Morgan fingerprint density at radius 2 is 1.71 bits per heavy atom. The number of benzene rings is 2. The van der Waals surface area contributed by atoms with E-state index in [1.54, 1.807) is 24.1 Å². The van der Waals surface area contributed by atoms with Crippen LogP contribution in [0.25, 0.3) is 5.69 Å². The molecule has 3 aromatic rings. The molecule has 0 radical (unpaired) electrons. The molecule has 0 spiro atoms. The summed E-state index contributed by atoms with van der Waals surface area (Å²) in [6, 6.07) is 17.1. The zero-order valence-electron chi connectivity index (χ0n) is 16.4. The summed E-state index contributed by atoms with van der Waals surface area (Å²) in [4.78, 5) is 12.4. The number of nitrogens with two attached hydrogens (primary N) is 1. The third-order valence-electron chi connectivity index (χ3n) is 4.67. The maximum Gasteiger partial charge on any atom is 0.271 e. The lowest BCUT2D eigenvalue weighted by Crippen LogP contribution is -2.32. The monoisotopic (exact) mass is 378 g/mol. The molecular weight excluding hydrogens is 352 g/mol. The van der Waals surface area contributed by atoms with E-state index >= 15 is 0 Å². The van der Waals surface area contributed by atoms with Crippen molar-refractivity contribution in [2.24, 2.45) is 5.73 Å². The van der Waals surface area contributed by atoms with E-state index in [0.29, 0.717) is 18.2 Å². The molecule has 3 N–H and O–H groups in total. The third kappa shape index (κ3) is 4.58. The van der Waals surface area contributed by atoms with Crippen LogP contribution >= 0.6 is 0 Å². The average molecular weight is 378 g/mol. The number of hydrogen-bond donors (Lipinski definition) is 2. The Morgan fingerprint density at radius 1 is 1.07 bits per heavy atom. The number of ether oxygens (including phenoxy) is 1. The zero-order chi connectivity index (χ0) is 20.1. The first-order valence-corrected chi connectivity index (χ1v) is 9.31. The molecule has 3 rings (SSSR count). The zero-order valence-corrected chi connectivity index (χ0v) is 16.4. The Balaban J connectivity index is 1.59. The molecule has 1 heterocycles. The predicted octanol–water partition coefficient (Wildman–Crippen LogP) is 3.43. The van der Waals surface area contributed by atoms with E-state index < -0.39 is 0 Å². The van der Waals surface area contributed by atoms with Crippen LogP contribution in [-0.4, -0.2) is 29.3 Å². The van der Waals surface area contributed by atoms with Crippen molar-refractivity contribution in [3.05, 3.63) is 77.6 Å². The highest BCUT2D eigenvalue weighted by molar-refractivity contribution is 5.92. The summed E-state index contributed by atoms with van der Waals surface area (Å²) in [5.74, 6) is 0.997. The van der Waals surface area contributed by atoms with Crippen molar-refractivity contribution in [2.75, 3.05) is 13.7 Å². The first-order valence-electron chi connectivity index (χ1n) is 9.31. The first kappa shape index (κ1) is 19.6. The van der Waals surface area contributed by atoms with Gasteiger partial charge in [-0.25, -0.2) is 4.68 Å². The molecule has 0 aliphatic heterocycles. The predicted molar refractivity (Wildman–Crippen MR) is 110 cm³/mol. The topological polar surface area (TPSA) is 82.2 Å². The molecule has 1 aromatic heterocycles. The fourth-order valence-electron chi connectivity index (χ4n) is 2.86. The van der Waals surface area contributed by atoms with Crippen LogP contribution in [0.5, 0.6) is 5.75 Å². The summed E-state index contributed by atoms with van der Waals surface area (Å²) in [6.07, 6.45) is 1.75. The van der Waals surface area contributed by atoms with Crippen LogP contribution in [0.2, 0.25) is 0 Å². The molecular formula is C22H26N4O2. The van der Waals surface area contributed by atoms with Gasteiger partial charge < -0.3 is 15.8 Å². The van der Waals surface area contributed by atoms with Crippen molar-refractivity contribution in [3.63, 3.8) is 0 Å². The van der Waals surface area contributed by atoms with E-state index in [4.69, 9.17) is 10.5 Å². The number of nitrogens with zero attached hydrogens (tertiary/aromatic N) is 2. The van der Waals surface area contributed by atoms with E-state index in [2.05, 4.69) is 36.4 Å². The molecule has 2 aromatic carbocycles. The van der Waals surface area contributed by atoms with Gasteiger partial charge >= 0.3 is 0 Å².